The number of carboxylic acids is 1. The zero-order valence-corrected chi connectivity index (χ0v) is 11.6. The molecule has 0 aliphatic carbocycles. The number of rotatable bonds is 6. The summed E-state index contributed by atoms with van der Waals surface area (Å²) in [4.78, 5) is 22.8. The van der Waals surface area contributed by atoms with Crippen molar-refractivity contribution in [3.05, 3.63) is 29.8 Å². The Bertz CT molecular complexity index is 454. The first kappa shape index (κ1) is 15.2. The van der Waals surface area contributed by atoms with E-state index >= 15 is 0 Å². The molecule has 0 bridgehead atoms. The van der Waals surface area contributed by atoms with E-state index in [0.717, 1.165) is 11.3 Å². The lowest BCUT2D eigenvalue weighted by atomic mass is 9.91. The molecule has 2 N–H and O–H groups in total. The summed E-state index contributed by atoms with van der Waals surface area (Å²) in [5.41, 5.74) is 1.78. The summed E-state index contributed by atoms with van der Waals surface area (Å²) in [6, 6.07) is 7.52. The van der Waals surface area contributed by atoms with Crippen LogP contribution in [0.4, 0.5) is 5.69 Å². The van der Waals surface area contributed by atoms with Gasteiger partial charge in [0.15, 0.2) is 0 Å². The molecule has 0 heterocycles. The van der Waals surface area contributed by atoms with Crippen molar-refractivity contribution < 1.29 is 14.7 Å². The van der Waals surface area contributed by atoms with Gasteiger partial charge < -0.3 is 10.4 Å². The van der Waals surface area contributed by atoms with Gasteiger partial charge in [0, 0.05) is 12.1 Å². The molecule has 0 aliphatic heterocycles. The fourth-order valence-corrected chi connectivity index (χ4v) is 1.95. The maximum absolute atomic E-state index is 11.8. The van der Waals surface area contributed by atoms with Gasteiger partial charge in [-0.25, -0.2) is 0 Å². The van der Waals surface area contributed by atoms with Crippen LogP contribution in [0.3, 0.4) is 0 Å². The SMILES string of the molecule is Cc1ccccc1NC(=O)CCC(C(=O)O)C(C)C. The van der Waals surface area contributed by atoms with Crippen molar-refractivity contribution in [2.45, 2.75) is 33.6 Å². The molecule has 1 aromatic carbocycles. The molecule has 0 saturated carbocycles. The number of carbonyl (C=O) groups excluding carboxylic acids is 1. The monoisotopic (exact) mass is 263 g/mol. The number of carbonyl (C=O) groups is 2. The predicted octanol–water partition coefficient (Wildman–Crippen LogP) is 3.07. The summed E-state index contributed by atoms with van der Waals surface area (Å²) in [6.45, 7) is 5.64. The minimum Gasteiger partial charge on any atom is -0.481 e. The minimum absolute atomic E-state index is 0.0313. The molecule has 4 nitrogen and oxygen atoms in total. The molecule has 1 aromatic rings. The average molecular weight is 263 g/mol. The van der Waals surface area contributed by atoms with Crippen LogP contribution in [-0.4, -0.2) is 17.0 Å². The number of nitrogens with one attached hydrogen (secondary N) is 1. The van der Waals surface area contributed by atoms with Crippen molar-refractivity contribution in [1.82, 2.24) is 0 Å². The number of hydrogen-bond acceptors (Lipinski definition) is 2. The summed E-state index contributed by atoms with van der Waals surface area (Å²) < 4.78 is 0. The van der Waals surface area contributed by atoms with Crippen molar-refractivity contribution in [3.63, 3.8) is 0 Å². The molecule has 0 spiro atoms. The highest BCUT2D eigenvalue weighted by Crippen LogP contribution is 2.19. The van der Waals surface area contributed by atoms with Crippen LogP contribution in [0.1, 0.15) is 32.3 Å². The second-order valence-electron chi connectivity index (χ2n) is 5.09. The molecular weight excluding hydrogens is 242 g/mol. The molecule has 0 radical (unpaired) electrons. The van der Waals surface area contributed by atoms with Crippen LogP contribution in [0.25, 0.3) is 0 Å². The van der Waals surface area contributed by atoms with Crippen molar-refractivity contribution in [3.8, 4) is 0 Å². The lowest BCUT2D eigenvalue weighted by molar-refractivity contribution is -0.143. The third kappa shape index (κ3) is 4.73. The van der Waals surface area contributed by atoms with E-state index in [1.165, 1.54) is 0 Å². The second kappa shape index (κ2) is 6.92. The first-order valence-corrected chi connectivity index (χ1v) is 6.50. The van der Waals surface area contributed by atoms with Gasteiger partial charge in [0.1, 0.15) is 0 Å². The Labute approximate surface area is 113 Å². The molecule has 1 atom stereocenters. The third-order valence-electron chi connectivity index (χ3n) is 3.22. The van der Waals surface area contributed by atoms with Crippen molar-refractivity contribution >= 4 is 17.6 Å². The minimum atomic E-state index is -0.835. The van der Waals surface area contributed by atoms with Crippen LogP contribution in [0, 0.1) is 18.8 Å². The van der Waals surface area contributed by atoms with E-state index in [1.54, 1.807) is 0 Å². The number of aliphatic carboxylic acids is 1. The van der Waals surface area contributed by atoms with Gasteiger partial charge in [0.25, 0.3) is 0 Å². The van der Waals surface area contributed by atoms with Crippen molar-refractivity contribution in [1.29, 1.82) is 0 Å². The zero-order chi connectivity index (χ0) is 14.4. The number of amides is 1. The van der Waals surface area contributed by atoms with E-state index in [0.29, 0.717) is 6.42 Å². The van der Waals surface area contributed by atoms with Gasteiger partial charge in [0.05, 0.1) is 5.92 Å². The molecule has 1 unspecified atom stereocenters. The standard InChI is InChI=1S/C15H21NO3/c1-10(2)12(15(18)19)8-9-14(17)16-13-7-5-4-6-11(13)3/h4-7,10,12H,8-9H2,1-3H3,(H,16,17)(H,18,19). The number of para-hydroxylation sites is 1. The number of carboxylic acid groups (broad SMARTS) is 1. The van der Waals surface area contributed by atoms with Crippen molar-refractivity contribution in [2.75, 3.05) is 5.32 Å². The average Bonchev–Trinajstić information content (AvgIpc) is 2.31. The van der Waals surface area contributed by atoms with Gasteiger partial charge in [-0.3, -0.25) is 9.59 Å². The van der Waals surface area contributed by atoms with Crippen molar-refractivity contribution in [2.24, 2.45) is 11.8 Å². The zero-order valence-electron chi connectivity index (χ0n) is 11.6. The number of hydrogen-bond donors (Lipinski definition) is 2. The molecule has 19 heavy (non-hydrogen) atoms. The van der Waals surface area contributed by atoms with E-state index < -0.39 is 11.9 Å². The lowest BCUT2D eigenvalue weighted by Gasteiger charge is -2.15. The van der Waals surface area contributed by atoms with Gasteiger partial charge in [-0.15, -0.1) is 0 Å². The third-order valence-corrected chi connectivity index (χ3v) is 3.22. The molecule has 0 aromatic heterocycles. The molecule has 4 heteroatoms. The van der Waals surface area contributed by atoms with Crippen LogP contribution >= 0.6 is 0 Å². The van der Waals surface area contributed by atoms with E-state index in [-0.39, 0.29) is 18.2 Å². The summed E-state index contributed by atoms with van der Waals surface area (Å²) in [6.07, 6.45) is 0.591. The molecule has 0 fully saturated rings. The molecule has 1 amide bonds. The van der Waals surface area contributed by atoms with Gasteiger partial charge >= 0.3 is 5.97 Å². The Hall–Kier alpha value is -1.84. The predicted molar refractivity (Wildman–Crippen MR) is 75.0 cm³/mol. The Kier molecular flexibility index (Phi) is 5.55. The fourth-order valence-electron chi connectivity index (χ4n) is 1.95. The highest BCUT2D eigenvalue weighted by molar-refractivity contribution is 5.91. The second-order valence-corrected chi connectivity index (χ2v) is 5.09. The first-order chi connectivity index (χ1) is 8.91. The molecule has 104 valence electrons. The van der Waals surface area contributed by atoms with Gasteiger partial charge in [-0.2, -0.15) is 0 Å². The highest BCUT2D eigenvalue weighted by Gasteiger charge is 2.22. The topological polar surface area (TPSA) is 66.4 Å². The van der Waals surface area contributed by atoms with Crippen LogP contribution in [0.2, 0.25) is 0 Å². The van der Waals surface area contributed by atoms with Crippen LogP contribution in [0.5, 0.6) is 0 Å². The van der Waals surface area contributed by atoms with E-state index in [2.05, 4.69) is 5.32 Å². The molecule has 1 rings (SSSR count). The largest absolute Gasteiger partial charge is 0.481 e. The maximum Gasteiger partial charge on any atom is 0.306 e. The first-order valence-electron chi connectivity index (χ1n) is 6.50. The van der Waals surface area contributed by atoms with Crippen LogP contribution in [-0.2, 0) is 9.59 Å². The van der Waals surface area contributed by atoms with E-state index in [4.69, 9.17) is 5.11 Å². The Balaban J connectivity index is 2.52. The molecule has 0 aliphatic rings. The Morgan fingerprint density at radius 2 is 1.89 bits per heavy atom. The number of aryl methyl sites for hydroxylation is 1. The lowest BCUT2D eigenvalue weighted by Crippen LogP contribution is -2.22. The van der Waals surface area contributed by atoms with Gasteiger partial charge in [-0.05, 0) is 30.9 Å². The van der Waals surface area contributed by atoms with E-state index in [9.17, 15) is 9.59 Å². The summed E-state index contributed by atoms with van der Waals surface area (Å²) in [5.74, 6) is -1.41. The Morgan fingerprint density at radius 3 is 2.42 bits per heavy atom. The van der Waals surface area contributed by atoms with Gasteiger partial charge in [-0.1, -0.05) is 32.0 Å². The highest BCUT2D eigenvalue weighted by atomic mass is 16.4. The maximum atomic E-state index is 11.8. The number of benzene rings is 1. The van der Waals surface area contributed by atoms with Gasteiger partial charge in [0.2, 0.25) is 5.91 Å². The summed E-state index contributed by atoms with van der Waals surface area (Å²) in [5, 5.41) is 11.9. The molecular formula is C15H21NO3. The summed E-state index contributed by atoms with van der Waals surface area (Å²) >= 11 is 0. The Morgan fingerprint density at radius 1 is 1.26 bits per heavy atom. The van der Waals surface area contributed by atoms with Crippen LogP contribution < -0.4 is 5.32 Å². The molecule has 0 saturated heterocycles. The fraction of sp³-hybridized carbons (Fsp3) is 0.467. The number of anilines is 1. The quantitative estimate of drug-likeness (QED) is 0.829. The van der Waals surface area contributed by atoms with Crippen LogP contribution in [0.15, 0.2) is 24.3 Å². The smallest absolute Gasteiger partial charge is 0.306 e. The normalized spacial score (nSPS) is 12.2. The summed E-state index contributed by atoms with van der Waals surface area (Å²) in [7, 11) is 0. The van der Waals surface area contributed by atoms with E-state index in [1.807, 2.05) is 45.0 Å².